The fraction of sp³-hybridized carbons (Fsp3) is 0.941. The van der Waals surface area contributed by atoms with Gasteiger partial charge in [-0.1, -0.05) is 20.8 Å². The summed E-state index contributed by atoms with van der Waals surface area (Å²) in [7, 11) is 0. The number of carbonyl (C=O) groups is 1. The maximum atomic E-state index is 12.5. The van der Waals surface area contributed by atoms with Gasteiger partial charge in [0.1, 0.15) is 0 Å². The Kier molecular flexibility index (Phi) is 3.39. The zero-order chi connectivity index (χ0) is 14.5. The molecule has 0 spiro atoms. The molecular formula is C17H30N2O. The molecule has 3 aliphatic rings. The lowest BCUT2D eigenvalue weighted by molar-refractivity contribution is -0.145. The largest absolute Gasteiger partial charge is 0.339 e. The average molecular weight is 278 g/mol. The van der Waals surface area contributed by atoms with E-state index in [4.69, 9.17) is 5.73 Å². The minimum atomic E-state index is -0.0295. The van der Waals surface area contributed by atoms with Crippen molar-refractivity contribution >= 4 is 5.91 Å². The molecule has 3 rings (SSSR count). The van der Waals surface area contributed by atoms with Crippen LogP contribution in [0.2, 0.25) is 0 Å². The number of hydrogen-bond donors (Lipinski definition) is 1. The van der Waals surface area contributed by atoms with Crippen LogP contribution in [0.25, 0.3) is 0 Å². The minimum Gasteiger partial charge on any atom is -0.339 e. The normalized spacial score (nSPS) is 33.7. The molecule has 3 nitrogen and oxygen atoms in total. The summed E-state index contributed by atoms with van der Waals surface area (Å²) in [5, 5.41) is 0. The van der Waals surface area contributed by atoms with Crippen LogP contribution in [-0.4, -0.2) is 29.4 Å². The number of amides is 1. The van der Waals surface area contributed by atoms with Crippen LogP contribution in [0.4, 0.5) is 0 Å². The van der Waals surface area contributed by atoms with Crippen LogP contribution in [0.1, 0.15) is 59.3 Å². The molecular weight excluding hydrogens is 248 g/mol. The second kappa shape index (κ2) is 4.72. The zero-order valence-electron chi connectivity index (χ0n) is 13.3. The van der Waals surface area contributed by atoms with Crippen LogP contribution in [0.15, 0.2) is 0 Å². The number of carbonyl (C=O) groups excluding carboxylic acids is 1. The highest BCUT2D eigenvalue weighted by atomic mass is 16.2. The highest BCUT2D eigenvalue weighted by molar-refractivity contribution is 5.80. The van der Waals surface area contributed by atoms with E-state index in [1.807, 2.05) is 4.90 Å². The monoisotopic (exact) mass is 278 g/mol. The molecule has 0 aromatic rings. The smallest absolute Gasteiger partial charge is 0.225 e. The van der Waals surface area contributed by atoms with Crippen molar-refractivity contribution in [2.24, 2.45) is 28.9 Å². The molecule has 0 bridgehead atoms. The first-order chi connectivity index (χ1) is 9.29. The van der Waals surface area contributed by atoms with Gasteiger partial charge in [0.25, 0.3) is 0 Å². The Morgan fingerprint density at radius 2 is 1.60 bits per heavy atom. The fourth-order valence-corrected chi connectivity index (χ4v) is 4.20. The van der Waals surface area contributed by atoms with Crippen LogP contribution >= 0.6 is 0 Å². The highest BCUT2D eigenvalue weighted by Gasteiger charge is 2.52. The van der Waals surface area contributed by atoms with E-state index in [-0.39, 0.29) is 11.5 Å². The molecule has 0 unspecified atom stereocenters. The fourth-order valence-electron chi connectivity index (χ4n) is 4.20. The molecule has 1 saturated heterocycles. The zero-order valence-corrected chi connectivity index (χ0v) is 13.3. The molecule has 2 N–H and O–H groups in total. The molecule has 1 amide bonds. The van der Waals surface area contributed by atoms with Crippen LogP contribution in [0, 0.1) is 23.2 Å². The predicted molar refractivity (Wildman–Crippen MR) is 81.1 cm³/mol. The van der Waals surface area contributed by atoms with E-state index in [9.17, 15) is 4.79 Å². The number of nitrogens with two attached hydrogens (primary N) is 1. The quantitative estimate of drug-likeness (QED) is 0.844. The van der Waals surface area contributed by atoms with Crippen molar-refractivity contribution in [2.45, 2.75) is 64.8 Å². The third kappa shape index (κ3) is 2.61. The van der Waals surface area contributed by atoms with Gasteiger partial charge >= 0.3 is 0 Å². The molecule has 0 aromatic carbocycles. The summed E-state index contributed by atoms with van der Waals surface area (Å²) in [6.07, 6.45) is 7.13. The van der Waals surface area contributed by atoms with E-state index < -0.39 is 0 Å². The Morgan fingerprint density at radius 3 is 2.05 bits per heavy atom. The van der Waals surface area contributed by atoms with Gasteiger partial charge in [-0.05, 0) is 55.8 Å². The van der Waals surface area contributed by atoms with E-state index in [0.717, 1.165) is 31.8 Å². The van der Waals surface area contributed by atoms with Crippen LogP contribution in [-0.2, 0) is 4.79 Å². The predicted octanol–water partition coefficient (Wildman–Crippen LogP) is 2.79. The molecule has 2 aliphatic carbocycles. The molecule has 2 saturated carbocycles. The van der Waals surface area contributed by atoms with Crippen molar-refractivity contribution in [1.82, 2.24) is 4.90 Å². The van der Waals surface area contributed by atoms with E-state index >= 15 is 0 Å². The van der Waals surface area contributed by atoms with Crippen LogP contribution in [0.3, 0.4) is 0 Å². The topological polar surface area (TPSA) is 46.3 Å². The van der Waals surface area contributed by atoms with Gasteiger partial charge in [0.2, 0.25) is 5.91 Å². The van der Waals surface area contributed by atoms with E-state index in [2.05, 4.69) is 20.8 Å². The van der Waals surface area contributed by atoms with Gasteiger partial charge in [-0.15, -0.1) is 0 Å². The van der Waals surface area contributed by atoms with Crippen molar-refractivity contribution < 1.29 is 4.79 Å². The first-order valence-electron chi connectivity index (χ1n) is 8.37. The van der Waals surface area contributed by atoms with Crippen LogP contribution in [0.5, 0.6) is 0 Å². The van der Waals surface area contributed by atoms with Gasteiger partial charge in [-0.25, -0.2) is 0 Å². The number of likely N-dealkylation sites (tertiary alicyclic amines) is 1. The molecule has 0 aromatic heterocycles. The molecule has 3 fully saturated rings. The van der Waals surface area contributed by atoms with Gasteiger partial charge in [0, 0.05) is 19.0 Å². The average Bonchev–Trinajstić information content (AvgIpc) is 3.18. The Hall–Kier alpha value is -0.570. The van der Waals surface area contributed by atoms with Crippen molar-refractivity contribution in [3.8, 4) is 0 Å². The Morgan fingerprint density at radius 1 is 1.05 bits per heavy atom. The SMILES string of the molecule is CC(C)(C)C1CCC(C(=O)N2CC(N)(C3CC3)C2)CC1. The molecule has 0 atom stereocenters. The second-order valence-corrected chi connectivity index (χ2v) is 8.62. The second-order valence-electron chi connectivity index (χ2n) is 8.62. The lowest BCUT2D eigenvalue weighted by Crippen LogP contribution is -2.70. The molecule has 3 heteroatoms. The molecule has 20 heavy (non-hydrogen) atoms. The Bertz CT molecular complexity index is 380. The van der Waals surface area contributed by atoms with Crippen molar-refractivity contribution in [3.63, 3.8) is 0 Å². The van der Waals surface area contributed by atoms with E-state index in [0.29, 0.717) is 17.2 Å². The summed E-state index contributed by atoms with van der Waals surface area (Å²) in [4.78, 5) is 14.6. The molecule has 1 aliphatic heterocycles. The van der Waals surface area contributed by atoms with Gasteiger partial charge in [-0.2, -0.15) is 0 Å². The standard InChI is InChI=1S/C17H30N2O/c1-16(2,3)13-6-4-12(5-7-13)15(20)19-10-17(18,11-19)14-8-9-14/h12-14H,4-11,18H2,1-3H3. The highest BCUT2D eigenvalue weighted by Crippen LogP contribution is 2.45. The van der Waals surface area contributed by atoms with E-state index in [1.165, 1.54) is 25.7 Å². The summed E-state index contributed by atoms with van der Waals surface area (Å²) in [5.74, 6) is 2.14. The molecule has 114 valence electrons. The summed E-state index contributed by atoms with van der Waals surface area (Å²) >= 11 is 0. The maximum absolute atomic E-state index is 12.5. The minimum absolute atomic E-state index is 0.0295. The van der Waals surface area contributed by atoms with Gasteiger partial charge in [-0.3, -0.25) is 4.79 Å². The lowest BCUT2D eigenvalue weighted by atomic mass is 9.69. The number of nitrogens with zero attached hydrogens (tertiary/aromatic N) is 1. The van der Waals surface area contributed by atoms with E-state index in [1.54, 1.807) is 0 Å². The van der Waals surface area contributed by atoms with Gasteiger partial charge in [0.05, 0.1) is 5.54 Å². The Balaban J connectivity index is 1.48. The third-order valence-electron chi connectivity index (χ3n) is 5.97. The van der Waals surface area contributed by atoms with Crippen LogP contribution < -0.4 is 5.73 Å². The van der Waals surface area contributed by atoms with Gasteiger partial charge < -0.3 is 10.6 Å². The summed E-state index contributed by atoms with van der Waals surface area (Å²) < 4.78 is 0. The lowest BCUT2D eigenvalue weighted by Gasteiger charge is -2.50. The van der Waals surface area contributed by atoms with Crippen molar-refractivity contribution in [2.75, 3.05) is 13.1 Å². The number of hydrogen-bond acceptors (Lipinski definition) is 2. The summed E-state index contributed by atoms with van der Waals surface area (Å²) in [6, 6.07) is 0. The third-order valence-corrected chi connectivity index (χ3v) is 5.97. The maximum Gasteiger partial charge on any atom is 0.225 e. The summed E-state index contributed by atoms with van der Waals surface area (Å²) in [5.41, 5.74) is 6.71. The first-order valence-corrected chi connectivity index (χ1v) is 8.37. The first kappa shape index (κ1) is 14.4. The van der Waals surface area contributed by atoms with Crippen molar-refractivity contribution in [1.29, 1.82) is 0 Å². The van der Waals surface area contributed by atoms with Crippen molar-refractivity contribution in [3.05, 3.63) is 0 Å². The molecule has 0 radical (unpaired) electrons. The summed E-state index contributed by atoms with van der Waals surface area (Å²) in [6.45, 7) is 8.61. The van der Waals surface area contributed by atoms with Gasteiger partial charge in [0.15, 0.2) is 0 Å². The number of rotatable bonds is 2. The Labute approximate surface area is 123 Å². The molecule has 1 heterocycles.